The summed E-state index contributed by atoms with van der Waals surface area (Å²) in [5, 5.41) is 2.35. The van der Waals surface area contributed by atoms with Gasteiger partial charge in [0.2, 0.25) is 0 Å². The van der Waals surface area contributed by atoms with Gasteiger partial charge in [-0.1, -0.05) is 187 Å². The Morgan fingerprint density at radius 2 is 0.644 bits per heavy atom. The molecule has 3 heterocycles. The first-order valence-electron chi connectivity index (χ1n) is 25.0. The molecule has 0 aliphatic rings. The van der Waals surface area contributed by atoms with Gasteiger partial charge in [0.15, 0.2) is 11.6 Å². The zero-order valence-electron chi connectivity index (χ0n) is 41.9. The Morgan fingerprint density at radius 1 is 0.288 bits per heavy atom. The highest BCUT2D eigenvalue weighted by Crippen LogP contribution is 2.43. The Kier molecular flexibility index (Phi) is 11.5. The molecule has 0 amide bonds. The summed E-state index contributed by atoms with van der Waals surface area (Å²) in [7, 11) is 0. The van der Waals surface area contributed by atoms with Crippen LogP contribution in [0.5, 0.6) is 0 Å². The highest BCUT2D eigenvalue weighted by molar-refractivity contribution is 6.12. The smallest absolute Gasteiger partial charge is 0.160 e. The molecule has 5 heteroatoms. The predicted molar refractivity (Wildman–Crippen MR) is 304 cm³/mol. The maximum absolute atomic E-state index is 5.53. The molecule has 0 saturated heterocycles. The highest BCUT2D eigenvalue weighted by atomic mass is 15.0. The Morgan fingerprint density at radius 3 is 1.07 bits per heavy atom. The summed E-state index contributed by atoms with van der Waals surface area (Å²) in [5.74, 6) is 1.31. The van der Waals surface area contributed by atoms with Crippen molar-refractivity contribution in [2.24, 2.45) is 0 Å². The molecule has 350 valence electrons. The van der Waals surface area contributed by atoms with E-state index in [1.165, 1.54) is 66.4 Å². The van der Waals surface area contributed by atoms with Gasteiger partial charge in [-0.25, -0.2) is 19.9 Å². The standard InChI is InChI=1S/C68H53N5/c1-42-33-44(3)65(45(4)34-42)53-27-30-55-56-31-28-54(66-46(5)35-43(2)36-47(66)6)39-64(56)73(63(55)38-53)62-32-29-52(60-40-58(48-19-11-7-12-20-48)69-67(71-60)50-23-15-9-16-24-50)37-57(62)61-41-59(49-21-13-8-14-22-49)70-68(72-61)51-25-17-10-18-26-51/h7-41H,1-6H3. The van der Waals surface area contributed by atoms with Gasteiger partial charge in [-0.3, -0.25) is 0 Å². The number of hydrogen-bond acceptors (Lipinski definition) is 4. The first-order chi connectivity index (χ1) is 35.6. The quantitative estimate of drug-likeness (QED) is 0.145. The summed E-state index contributed by atoms with van der Waals surface area (Å²) in [4.78, 5) is 21.3. The van der Waals surface area contributed by atoms with Crippen molar-refractivity contribution in [2.75, 3.05) is 0 Å². The van der Waals surface area contributed by atoms with E-state index in [0.717, 1.165) is 72.9 Å². The molecule has 0 bridgehead atoms. The van der Waals surface area contributed by atoms with Crippen molar-refractivity contribution in [1.29, 1.82) is 0 Å². The van der Waals surface area contributed by atoms with Crippen molar-refractivity contribution < 1.29 is 0 Å². The monoisotopic (exact) mass is 939 g/mol. The van der Waals surface area contributed by atoms with Crippen LogP contribution in [0, 0.1) is 41.5 Å². The van der Waals surface area contributed by atoms with E-state index in [9.17, 15) is 0 Å². The lowest BCUT2D eigenvalue weighted by molar-refractivity contribution is 1.15. The third-order valence-electron chi connectivity index (χ3n) is 14.2. The van der Waals surface area contributed by atoms with Gasteiger partial charge in [-0.2, -0.15) is 0 Å². The number of nitrogens with zero attached hydrogens (tertiary/aromatic N) is 5. The van der Waals surface area contributed by atoms with Crippen molar-refractivity contribution in [3.05, 3.63) is 246 Å². The Balaban J connectivity index is 1.19. The minimum absolute atomic E-state index is 0.649. The third-order valence-corrected chi connectivity index (χ3v) is 14.2. The number of hydrogen-bond donors (Lipinski definition) is 0. The van der Waals surface area contributed by atoms with E-state index in [4.69, 9.17) is 19.9 Å². The lowest BCUT2D eigenvalue weighted by Crippen LogP contribution is -2.02. The molecule has 0 aliphatic heterocycles. The van der Waals surface area contributed by atoms with Crippen LogP contribution in [0.25, 0.3) is 118 Å². The van der Waals surface area contributed by atoms with Gasteiger partial charge >= 0.3 is 0 Å². The lowest BCUT2D eigenvalue weighted by atomic mass is 9.92. The molecule has 0 unspecified atom stereocenters. The molecule has 3 aromatic heterocycles. The molecule has 0 spiro atoms. The van der Waals surface area contributed by atoms with Crippen molar-refractivity contribution in [1.82, 2.24) is 24.5 Å². The molecule has 9 aromatic carbocycles. The predicted octanol–water partition coefficient (Wildman–Crippen LogP) is 17.6. The second kappa shape index (κ2) is 18.6. The zero-order valence-corrected chi connectivity index (χ0v) is 41.9. The van der Waals surface area contributed by atoms with Gasteiger partial charge in [-0.05, 0) is 122 Å². The normalized spacial score (nSPS) is 11.4. The molecular weight excluding hydrogens is 887 g/mol. The van der Waals surface area contributed by atoms with Crippen LogP contribution in [0.1, 0.15) is 33.4 Å². The second-order valence-corrected chi connectivity index (χ2v) is 19.5. The summed E-state index contributed by atoms with van der Waals surface area (Å²) >= 11 is 0. The number of aromatic nitrogens is 5. The zero-order chi connectivity index (χ0) is 49.7. The van der Waals surface area contributed by atoms with Gasteiger partial charge < -0.3 is 4.57 Å². The average Bonchev–Trinajstić information content (AvgIpc) is 3.74. The number of benzene rings is 9. The SMILES string of the molecule is Cc1cc(C)c(-c2ccc3c4ccc(-c5c(C)cc(C)cc5C)cc4n(-c4ccc(-c5cc(-c6ccccc6)nc(-c6ccccc6)n5)cc4-c4cc(-c5ccccc5)nc(-c5ccccc5)n4)c3c2)c(C)c1. The number of fused-ring (bicyclic) bond motifs is 3. The van der Waals surface area contributed by atoms with E-state index >= 15 is 0 Å². The summed E-state index contributed by atoms with van der Waals surface area (Å²) in [6.07, 6.45) is 0. The van der Waals surface area contributed by atoms with Crippen molar-refractivity contribution in [2.45, 2.75) is 41.5 Å². The minimum atomic E-state index is 0.649. The molecule has 73 heavy (non-hydrogen) atoms. The van der Waals surface area contributed by atoms with Crippen LogP contribution in [0.3, 0.4) is 0 Å². The highest BCUT2D eigenvalue weighted by Gasteiger charge is 2.23. The molecule has 5 nitrogen and oxygen atoms in total. The van der Waals surface area contributed by atoms with Crippen molar-refractivity contribution >= 4 is 21.8 Å². The molecule has 0 fully saturated rings. The third kappa shape index (κ3) is 8.49. The van der Waals surface area contributed by atoms with Crippen LogP contribution < -0.4 is 0 Å². The Labute approximate surface area is 427 Å². The lowest BCUT2D eigenvalue weighted by Gasteiger charge is -2.18. The van der Waals surface area contributed by atoms with Crippen LogP contribution in [0.4, 0.5) is 0 Å². The first kappa shape index (κ1) is 45.1. The topological polar surface area (TPSA) is 56.5 Å². The van der Waals surface area contributed by atoms with Crippen molar-refractivity contribution in [3.8, 4) is 95.7 Å². The largest absolute Gasteiger partial charge is 0.309 e. The van der Waals surface area contributed by atoms with Crippen LogP contribution in [0.2, 0.25) is 0 Å². The molecular formula is C68H53N5. The molecule has 0 N–H and O–H groups in total. The molecule has 0 atom stereocenters. The van der Waals surface area contributed by atoms with E-state index in [2.05, 4.69) is 210 Å². The fraction of sp³-hybridized carbons (Fsp3) is 0.0882. The molecule has 0 aliphatic carbocycles. The summed E-state index contributed by atoms with van der Waals surface area (Å²) < 4.78 is 2.48. The van der Waals surface area contributed by atoms with Gasteiger partial charge in [0.05, 0.1) is 39.5 Å². The maximum Gasteiger partial charge on any atom is 0.160 e. The van der Waals surface area contributed by atoms with E-state index in [1.807, 2.05) is 48.5 Å². The Bertz CT molecular complexity index is 3790. The first-order valence-corrected chi connectivity index (χ1v) is 25.0. The van der Waals surface area contributed by atoms with Gasteiger partial charge in [0, 0.05) is 44.2 Å². The molecule has 12 rings (SSSR count). The number of aryl methyl sites for hydroxylation is 6. The fourth-order valence-corrected chi connectivity index (χ4v) is 11.1. The summed E-state index contributed by atoms with van der Waals surface area (Å²) in [6, 6.07) is 75.6. The van der Waals surface area contributed by atoms with Crippen LogP contribution >= 0.6 is 0 Å². The number of rotatable bonds is 9. The van der Waals surface area contributed by atoms with Crippen molar-refractivity contribution in [3.63, 3.8) is 0 Å². The van der Waals surface area contributed by atoms with Gasteiger partial charge in [-0.15, -0.1) is 0 Å². The van der Waals surface area contributed by atoms with E-state index < -0.39 is 0 Å². The molecule has 0 saturated carbocycles. The fourth-order valence-electron chi connectivity index (χ4n) is 11.1. The van der Waals surface area contributed by atoms with E-state index in [1.54, 1.807) is 0 Å². The van der Waals surface area contributed by atoms with E-state index in [-0.39, 0.29) is 0 Å². The average molecular weight is 940 g/mol. The van der Waals surface area contributed by atoms with Crippen LogP contribution in [0.15, 0.2) is 212 Å². The summed E-state index contributed by atoms with van der Waals surface area (Å²) in [6.45, 7) is 13.3. The van der Waals surface area contributed by atoms with Crippen LogP contribution in [-0.2, 0) is 0 Å². The Hall–Kier alpha value is -9.06. The molecule has 12 aromatic rings. The van der Waals surface area contributed by atoms with Gasteiger partial charge in [0.25, 0.3) is 0 Å². The van der Waals surface area contributed by atoms with Crippen LogP contribution in [-0.4, -0.2) is 24.5 Å². The second-order valence-electron chi connectivity index (χ2n) is 19.5. The summed E-state index contributed by atoms with van der Waals surface area (Å²) in [5.41, 5.74) is 24.7. The maximum atomic E-state index is 5.53. The van der Waals surface area contributed by atoms with Gasteiger partial charge in [0.1, 0.15) is 0 Å². The molecule has 0 radical (unpaired) electrons. The minimum Gasteiger partial charge on any atom is -0.309 e. The van der Waals surface area contributed by atoms with E-state index in [0.29, 0.717) is 11.6 Å².